The molecule has 5 amide bonds. The smallest absolute Gasteiger partial charge is 0.290 e. The van der Waals surface area contributed by atoms with Gasteiger partial charge in [0.15, 0.2) is 0 Å². The molecule has 0 aliphatic carbocycles. The Balaban J connectivity index is 1.59. The van der Waals surface area contributed by atoms with Gasteiger partial charge in [0, 0.05) is 12.0 Å². The molecule has 0 radical (unpaired) electrons. The van der Waals surface area contributed by atoms with Crippen LogP contribution in [0.5, 0.6) is 0 Å². The maximum absolute atomic E-state index is 13.3. The second-order valence-corrected chi connectivity index (χ2v) is 12.4. The lowest BCUT2D eigenvalue weighted by Crippen LogP contribution is -2.58. The summed E-state index contributed by atoms with van der Waals surface area (Å²) in [6.07, 6.45) is 0.180. The van der Waals surface area contributed by atoms with Crippen molar-refractivity contribution < 1.29 is 33.3 Å². The number of nitrogens with one attached hydrogen (secondary N) is 4. The Morgan fingerprint density at radius 1 is 0.778 bits per heavy atom. The van der Waals surface area contributed by atoms with E-state index in [2.05, 4.69) is 35.4 Å². The second kappa shape index (κ2) is 15.9. The van der Waals surface area contributed by atoms with Gasteiger partial charge in [-0.15, -0.1) is 0 Å². The summed E-state index contributed by atoms with van der Waals surface area (Å²) < 4.78 is 0.805. The molecule has 0 unspecified atom stereocenters. The lowest BCUT2D eigenvalue weighted by molar-refractivity contribution is -0.894. The van der Waals surface area contributed by atoms with Crippen molar-refractivity contribution in [1.82, 2.24) is 26.2 Å². The van der Waals surface area contributed by atoms with E-state index < -0.39 is 53.5 Å². The zero-order chi connectivity index (χ0) is 33.1. The molecule has 4 N–H and O–H groups in total. The van der Waals surface area contributed by atoms with Crippen molar-refractivity contribution in [1.29, 1.82) is 0 Å². The van der Waals surface area contributed by atoms with Gasteiger partial charge in [-0.25, -0.2) is 0 Å². The van der Waals surface area contributed by atoms with Crippen LogP contribution >= 0.6 is 0 Å². The van der Waals surface area contributed by atoms with Gasteiger partial charge in [0.05, 0.1) is 52.9 Å². The number of benzene rings is 2. The van der Waals surface area contributed by atoms with Gasteiger partial charge in [0.1, 0.15) is 12.1 Å². The van der Waals surface area contributed by atoms with Crippen LogP contribution in [0.1, 0.15) is 36.7 Å². The standard InChI is InChI=1S/C33H44N6O6/c1-22(2)28(29(41)33(45)34-21-27(40)38-16-18-39(4,5)19-17-38)37-30(42)23(3)35-32(44)26(20-24-12-8-6-9-13-24)36-31(43)25-14-10-7-11-15-25/h6-15,22-23,26,28H,16-21H2,1-5H3,(H3-,34,35,36,37,42,43,44,45)/p+1/t23-,26-,28-/m0/s1. The molecule has 2 aromatic rings. The van der Waals surface area contributed by atoms with Gasteiger partial charge in [-0.05, 0) is 30.5 Å². The van der Waals surface area contributed by atoms with Crippen molar-refractivity contribution in [3.8, 4) is 0 Å². The SMILES string of the molecule is CC(C)[C@H](NC(=O)[C@H](C)NC(=O)[C@H](Cc1ccccc1)NC(=O)c1ccccc1)C(=O)C(=O)NCC(=O)N1CC[N+](C)(C)CC1. The highest BCUT2D eigenvalue weighted by Gasteiger charge is 2.33. The third kappa shape index (κ3) is 10.5. The number of nitrogens with zero attached hydrogens (tertiary/aromatic N) is 2. The summed E-state index contributed by atoms with van der Waals surface area (Å²) in [5.74, 6) is -4.31. The molecule has 12 nitrogen and oxygen atoms in total. The number of hydrogen-bond acceptors (Lipinski definition) is 6. The average molecular weight is 622 g/mol. The summed E-state index contributed by atoms with van der Waals surface area (Å²) >= 11 is 0. The Morgan fingerprint density at radius 3 is 1.93 bits per heavy atom. The first kappa shape index (κ1) is 34.9. The molecule has 0 bridgehead atoms. The van der Waals surface area contributed by atoms with Crippen LogP contribution in [0, 0.1) is 5.92 Å². The van der Waals surface area contributed by atoms with E-state index in [1.165, 1.54) is 6.92 Å². The molecular weight excluding hydrogens is 576 g/mol. The first-order chi connectivity index (χ1) is 21.3. The molecule has 1 aliphatic rings. The van der Waals surface area contributed by atoms with Crippen LogP contribution in [-0.2, 0) is 30.4 Å². The third-order valence-corrected chi connectivity index (χ3v) is 7.87. The summed E-state index contributed by atoms with van der Waals surface area (Å²) in [4.78, 5) is 79.3. The molecular formula is C33H45N6O6+. The molecule has 3 rings (SSSR count). The summed E-state index contributed by atoms with van der Waals surface area (Å²) in [7, 11) is 4.17. The Labute approximate surface area is 264 Å². The van der Waals surface area contributed by atoms with Crippen molar-refractivity contribution >= 4 is 35.3 Å². The predicted molar refractivity (Wildman–Crippen MR) is 169 cm³/mol. The highest BCUT2D eigenvalue weighted by molar-refractivity contribution is 6.38. The fourth-order valence-electron chi connectivity index (χ4n) is 4.83. The van der Waals surface area contributed by atoms with Crippen LogP contribution in [-0.4, -0.2) is 110 Å². The Kier molecular flexibility index (Phi) is 12.4. The van der Waals surface area contributed by atoms with E-state index in [9.17, 15) is 28.8 Å². The number of carbonyl (C=O) groups is 6. The number of likely N-dealkylation sites (N-methyl/N-ethyl adjacent to an activating group) is 1. The van der Waals surface area contributed by atoms with E-state index in [4.69, 9.17) is 0 Å². The second-order valence-electron chi connectivity index (χ2n) is 12.4. The molecule has 242 valence electrons. The third-order valence-electron chi connectivity index (χ3n) is 7.87. The number of Topliss-reactive ketones (excluding diaryl/α,β-unsaturated/α-hetero) is 1. The van der Waals surface area contributed by atoms with E-state index in [1.54, 1.807) is 49.1 Å². The molecule has 2 aromatic carbocycles. The lowest BCUT2D eigenvalue weighted by Gasteiger charge is -2.39. The Morgan fingerprint density at radius 2 is 1.36 bits per heavy atom. The van der Waals surface area contributed by atoms with Crippen molar-refractivity contribution in [2.45, 2.75) is 45.3 Å². The zero-order valence-corrected chi connectivity index (χ0v) is 26.7. The topological polar surface area (TPSA) is 154 Å². The molecule has 1 heterocycles. The van der Waals surface area contributed by atoms with Crippen LogP contribution < -0.4 is 21.3 Å². The van der Waals surface area contributed by atoms with Crippen molar-refractivity contribution in [2.24, 2.45) is 5.92 Å². The largest absolute Gasteiger partial charge is 0.344 e. The molecule has 1 fully saturated rings. The van der Waals surface area contributed by atoms with E-state index in [1.807, 2.05) is 30.3 Å². The van der Waals surface area contributed by atoms with Crippen molar-refractivity contribution in [3.63, 3.8) is 0 Å². The summed E-state index contributed by atoms with van der Waals surface area (Å²) in [5, 5.41) is 10.3. The fraction of sp³-hybridized carbons (Fsp3) is 0.455. The highest BCUT2D eigenvalue weighted by atomic mass is 16.2. The van der Waals surface area contributed by atoms with Gasteiger partial charge < -0.3 is 30.7 Å². The van der Waals surface area contributed by atoms with Gasteiger partial charge in [0.25, 0.3) is 11.8 Å². The number of rotatable bonds is 13. The zero-order valence-electron chi connectivity index (χ0n) is 26.7. The van der Waals surface area contributed by atoms with E-state index in [0.29, 0.717) is 18.7 Å². The number of carbonyl (C=O) groups excluding carboxylic acids is 6. The Bertz CT molecular complexity index is 1350. The Hall–Kier alpha value is -4.58. The number of ketones is 1. The molecule has 12 heteroatoms. The number of piperazine rings is 1. The summed E-state index contributed by atoms with van der Waals surface area (Å²) in [6.45, 7) is 7.19. The number of hydrogen-bond donors (Lipinski definition) is 4. The quantitative estimate of drug-likeness (QED) is 0.186. The van der Waals surface area contributed by atoms with E-state index >= 15 is 0 Å². The fourth-order valence-corrected chi connectivity index (χ4v) is 4.83. The molecule has 0 spiro atoms. The monoisotopic (exact) mass is 621 g/mol. The minimum absolute atomic E-state index is 0.180. The van der Waals surface area contributed by atoms with Crippen LogP contribution in [0.3, 0.4) is 0 Å². The van der Waals surface area contributed by atoms with Crippen LogP contribution in [0.4, 0.5) is 0 Å². The molecule has 3 atom stereocenters. The van der Waals surface area contributed by atoms with Crippen molar-refractivity contribution in [2.75, 3.05) is 46.8 Å². The van der Waals surface area contributed by atoms with Gasteiger partial charge in [-0.3, -0.25) is 28.8 Å². The van der Waals surface area contributed by atoms with Gasteiger partial charge >= 0.3 is 0 Å². The molecule has 0 aromatic heterocycles. The molecule has 1 aliphatic heterocycles. The normalized spacial score (nSPS) is 16.1. The molecule has 45 heavy (non-hydrogen) atoms. The van der Waals surface area contributed by atoms with E-state index in [0.717, 1.165) is 23.1 Å². The van der Waals surface area contributed by atoms with Crippen LogP contribution in [0.2, 0.25) is 0 Å². The minimum Gasteiger partial charge on any atom is -0.344 e. The maximum atomic E-state index is 13.3. The number of quaternary nitrogens is 1. The summed E-state index contributed by atoms with van der Waals surface area (Å²) in [5.41, 5.74) is 1.19. The van der Waals surface area contributed by atoms with E-state index in [-0.39, 0.29) is 18.9 Å². The van der Waals surface area contributed by atoms with Crippen LogP contribution in [0.25, 0.3) is 0 Å². The maximum Gasteiger partial charge on any atom is 0.290 e. The highest BCUT2D eigenvalue weighted by Crippen LogP contribution is 2.09. The summed E-state index contributed by atoms with van der Waals surface area (Å²) in [6, 6.07) is 14.3. The minimum atomic E-state index is -1.18. The predicted octanol–water partition coefficient (Wildman–Crippen LogP) is 0.277. The lowest BCUT2D eigenvalue weighted by atomic mass is 9.98. The van der Waals surface area contributed by atoms with Gasteiger partial charge in [0.2, 0.25) is 23.5 Å². The number of amides is 5. The van der Waals surface area contributed by atoms with Crippen molar-refractivity contribution in [3.05, 3.63) is 71.8 Å². The first-order valence-corrected chi connectivity index (χ1v) is 15.2. The average Bonchev–Trinajstić information content (AvgIpc) is 3.02. The van der Waals surface area contributed by atoms with Crippen LogP contribution in [0.15, 0.2) is 60.7 Å². The van der Waals surface area contributed by atoms with Gasteiger partial charge in [-0.1, -0.05) is 62.4 Å². The first-order valence-electron chi connectivity index (χ1n) is 15.2. The molecule has 1 saturated heterocycles. The van der Waals surface area contributed by atoms with Gasteiger partial charge in [-0.2, -0.15) is 0 Å². The molecule has 0 saturated carbocycles.